The molecule has 1 amide bonds. The van der Waals surface area contributed by atoms with E-state index in [1.54, 1.807) is 36.4 Å². The third-order valence-electron chi connectivity index (χ3n) is 3.86. The van der Waals surface area contributed by atoms with Gasteiger partial charge in [0.2, 0.25) is 5.91 Å². The summed E-state index contributed by atoms with van der Waals surface area (Å²) in [6, 6.07) is 14.2. The van der Waals surface area contributed by atoms with Crippen molar-refractivity contribution in [3.8, 4) is 23.5 Å². The van der Waals surface area contributed by atoms with Gasteiger partial charge in [-0.1, -0.05) is 17.7 Å². The molecule has 3 N–H and O–H groups in total. The van der Waals surface area contributed by atoms with E-state index in [9.17, 15) is 15.3 Å². The number of hydrogen-bond donors (Lipinski definition) is 2. The number of thioether (sulfide) groups is 1. The molecule has 3 aromatic rings. The topological polar surface area (TPSA) is 129 Å². The van der Waals surface area contributed by atoms with Crippen molar-refractivity contribution >= 4 is 40.8 Å². The second-order valence-corrected chi connectivity index (χ2v) is 7.31. The van der Waals surface area contributed by atoms with E-state index in [1.165, 1.54) is 18.0 Å². The monoisotopic (exact) mass is 423 g/mol. The van der Waals surface area contributed by atoms with Crippen molar-refractivity contribution in [3.05, 3.63) is 58.8 Å². The standard InChI is InChI=1S/C20H14ClN5O2S/c21-12-3-1-4-13(9-12)25-17(27)6-8-29-20-15(11-23)18(16-5-2-7-28-16)14(10-22)19(24)26-20/h1-5,7,9H,6,8H2,(H2,24,26)(H,25,27). The van der Waals surface area contributed by atoms with Gasteiger partial charge in [-0.05, 0) is 30.3 Å². The van der Waals surface area contributed by atoms with Gasteiger partial charge in [-0.2, -0.15) is 10.5 Å². The number of nitriles is 2. The van der Waals surface area contributed by atoms with Crippen LogP contribution in [0.4, 0.5) is 11.5 Å². The number of carbonyl (C=O) groups is 1. The van der Waals surface area contributed by atoms with E-state index in [1.807, 2.05) is 6.07 Å². The summed E-state index contributed by atoms with van der Waals surface area (Å²) in [6.07, 6.45) is 1.63. The van der Waals surface area contributed by atoms with Gasteiger partial charge in [0.05, 0.1) is 17.4 Å². The Morgan fingerprint density at radius 3 is 2.69 bits per heavy atom. The van der Waals surface area contributed by atoms with Gasteiger partial charge in [-0.25, -0.2) is 4.98 Å². The number of nitrogens with one attached hydrogen (secondary N) is 1. The largest absolute Gasteiger partial charge is 0.464 e. The average molecular weight is 424 g/mol. The summed E-state index contributed by atoms with van der Waals surface area (Å²) in [5.74, 6) is 0.513. The number of rotatable bonds is 6. The van der Waals surface area contributed by atoms with Crippen LogP contribution >= 0.6 is 23.4 Å². The van der Waals surface area contributed by atoms with Crippen LogP contribution in [0.15, 0.2) is 52.1 Å². The first-order valence-corrected chi connectivity index (χ1v) is 9.75. The molecular weight excluding hydrogens is 410 g/mol. The molecule has 0 unspecified atom stereocenters. The van der Waals surface area contributed by atoms with Crippen molar-refractivity contribution in [1.29, 1.82) is 10.5 Å². The summed E-state index contributed by atoms with van der Waals surface area (Å²) < 4.78 is 5.36. The molecule has 0 saturated carbocycles. The number of benzene rings is 1. The first kappa shape index (κ1) is 20.3. The van der Waals surface area contributed by atoms with Crippen molar-refractivity contribution in [3.63, 3.8) is 0 Å². The number of halogens is 1. The highest BCUT2D eigenvalue weighted by Crippen LogP contribution is 2.35. The number of hydrogen-bond acceptors (Lipinski definition) is 7. The Labute approximate surface area is 176 Å². The zero-order chi connectivity index (χ0) is 20.8. The highest BCUT2D eigenvalue weighted by atomic mass is 35.5. The molecule has 7 nitrogen and oxygen atoms in total. The first-order valence-electron chi connectivity index (χ1n) is 8.39. The number of nitrogens with zero attached hydrogens (tertiary/aromatic N) is 3. The molecule has 0 aliphatic heterocycles. The molecule has 3 rings (SSSR count). The summed E-state index contributed by atoms with van der Waals surface area (Å²) in [6.45, 7) is 0. The quantitative estimate of drug-likeness (QED) is 0.560. The molecule has 0 saturated heterocycles. The van der Waals surface area contributed by atoms with Crippen molar-refractivity contribution in [1.82, 2.24) is 4.98 Å². The number of anilines is 2. The number of aromatic nitrogens is 1. The van der Waals surface area contributed by atoms with E-state index in [0.29, 0.717) is 32.8 Å². The van der Waals surface area contributed by atoms with Gasteiger partial charge in [-0.3, -0.25) is 4.79 Å². The van der Waals surface area contributed by atoms with Gasteiger partial charge in [0.1, 0.15) is 34.3 Å². The molecule has 2 heterocycles. The van der Waals surface area contributed by atoms with Crippen molar-refractivity contribution in [2.24, 2.45) is 0 Å². The van der Waals surface area contributed by atoms with Crippen LogP contribution in [0.25, 0.3) is 11.3 Å². The lowest BCUT2D eigenvalue weighted by Gasteiger charge is -2.11. The summed E-state index contributed by atoms with van der Waals surface area (Å²) in [5, 5.41) is 22.7. The predicted molar refractivity (Wildman–Crippen MR) is 111 cm³/mol. The summed E-state index contributed by atoms with van der Waals surface area (Å²) in [7, 11) is 0. The van der Waals surface area contributed by atoms with E-state index in [0.717, 1.165) is 0 Å². The third-order valence-corrected chi connectivity index (χ3v) is 5.07. The van der Waals surface area contributed by atoms with Crippen molar-refractivity contribution < 1.29 is 9.21 Å². The number of carbonyl (C=O) groups excluding carboxylic acids is 1. The number of furan rings is 1. The molecule has 1 aromatic carbocycles. The van der Waals surface area contributed by atoms with Crippen LogP contribution in [0.1, 0.15) is 17.5 Å². The highest BCUT2D eigenvalue weighted by Gasteiger charge is 2.22. The van der Waals surface area contributed by atoms with Crippen LogP contribution in [0.5, 0.6) is 0 Å². The van der Waals surface area contributed by atoms with E-state index < -0.39 is 0 Å². The molecule has 0 fully saturated rings. The molecule has 0 atom stereocenters. The smallest absolute Gasteiger partial charge is 0.225 e. The van der Waals surface area contributed by atoms with Crippen molar-refractivity contribution in [2.75, 3.05) is 16.8 Å². The minimum Gasteiger partial charge on any atom is -0.464 e. The fourth-order valence-electron chi connectivity index (χ4n) is 2.60. The minimum absolute atomic E-state index is 0.00350. The maximum atomic E-state index is 12.2. The Kier molecular flexibility index (Phi) is 6.40. The number of nitrogens with two attached hydrogens (primary N) is 1. The van der Waals surface area contributed by atoms with E-state index in [-0.39, 0.29) is 29.3 Å². The van der Waals surface area contributed by atoms with Crippen LogP contribution < -0.4 is 11.1 Å². The molecule has 144 valence electrons. The third kappa shape index (κ3) is 4.69. The second-order valence-electron chi connectivity index (χ2n) is 5.79. The summed E-state index contributed by atoms with van der Waals surface area (Å²) in [5.41, 5.74) is 7.10. The van der Waals surface area contributed by atoms with Crippen LogP contribution in [0, 0.1) is 22.7 Å². The lowest BCUT2D eigenvalue weighted by molar-refractivity contribution is -0.115. The molecule has 0 spiro atoms. The first-order chi connectivity index (χ1) is 14.0. The Balaban J connectivity index is 1.77. The summed E-state index contributed by atoms with van der Waals surface area (Å²) in [4.78, 5) is 16.3. The molecule has 0 aliphatic carbocycles. The Morgan fingerprint density at radius 2 is 2.03 bits per heavy atom. The van der Waals surface area contributed by atoms with Gasteiger partial charge in [0, 0.05) is 22.9 Å². The van der Waals surface area contributed by atoms with Crippen molar-refractivity contribution in [2.45, 2.75) is 11.4 Å². The lowest BCUT2D eigenvalue weighted by Crippen LogP contribution is -2.12. The molecule has 0 radical (unpaired) electrons. The normalized spacial score (nSPS) is 10.2. The fourth-order valence-corrected chi connectivity index (χ4v) is 3.73. The van der Waals surface area contributed by atoms with E-state index in [4.69, 9.17) is 21.8 Å². The van der Waals surface area contributed by atoms with Crippen LogP contribution in [0.2, 0.25) is 5.02 Å². The molecule has 2 aromatic heterocycles. The SMILES string of the molecule is N#Cc1c(N)nc(SCCC(=O)Nc2cccc(Cl)c2)c(C#N)c1-c1ccco1. The number of nitrogen functional groups attached to an aromatic ring is 1. The van der Waals surface area contributed by atoms with Gasteiger partial charge in [0.15, 0.2) is 0 Å². The predicted octanol–water partition coefficient (Wildman–Crippen LogP) is 4.44. The zero-order valence-electron chi connectivity index (χ0n) is 15.0. The summed E-state index contributed by atoms with van der Waals surface area (Å²) >= 11 is 7.11. The van der Waals surface area contributed by atoms with E-state index in [2.05, 4.69) is 16.4 Å². The van der Waals surface area contributed by atoms with Crippen LogP contribution in [-0.2, 0) is 4.79 Å². The Hall–Kier alpha value is -3.46. The number of amides is 1. The van der Waals surface area contributed by atoms with E-state index >= 15 is 0 Å². The van der Waals surface area contributed by atoms with Crippen LogP contribution in [0.3, 0.4) is 0 Å². The number of pyridine rings is 1. The lowest BCUT2D eigenvalue weighted by atomic mass is 10.0. The highest BCUT2D eigenvalue weighted by molar-refractivity contribution is 7.99. The molecule has 0 aliphatic rings. The van der Waals surface area contributed by atoms with Gasteiger partial charge < -0.3 is 15.5 Å². The maximum Gasteiger partial charge on any atom is 0.225 e. The van der Waals surface area contributed by atoms with Crippen LogP contribution in [-0.4, -0.2) is 16.6 Å². The molecule has 29 heavy (non-hydrogen) atoms. The molecule has 0 bridgehead atoms. The maximum absolute atomic E-state index is 12.2. The fraction of sp³-hybridized carbons (Fsp3) is 0.100. The molecular formula is C20H14ClN5O2S. The Bertz CT molecular complexity index is 1130. The van der Waals surface area contributed by atoms with Gasteiger partial charge >= 0.3 is 0 Å². The zero-order valence-corrected chi connectivity index (χ0v) is 16.5. The van der Waals surface area contributed by atoms with Gasteiger partial charge in [0.25, 0.3) is 0 Å². The average Bonchev–Trinajstić information content (AvgIpc) is 3.22. The van der Waals surface area contributed by atoms with Gasteiger partial charge in [-0.15, -0.1) is 11.8 Å². The Morgan fingerprint density at radius 1 is 1.24 bits per heavy atom. The molecule has 9 heteroatoms. The minimum atomic E-state index is -0.203. The second kappa shape index (κ2) is 9.16.